The maximum atomic E-state index is 10.8. The fourth-order valence-electron chi connectivity index (χ4n) is 3.47. The number of halogens is 3. The van der Waals surface area contributed by atoms with Crippen molar-refractivity contribution in [2.24, 2.45) is 0 Å². The van der Waals surface area contributed by atoms with Gasteiger partial charge < -0.3 is 9.52 Å². The van der Waals surface area contributed by atoms with Gasteiger partial charge in [-0.05, 0) is 59.2 Å². The zero-order chi connectivity index (χ0) is 20.1. The Morgan fingerprint density at radius 1 is 0.821 bits per heavy atom. The molecule has 0 aliphatic rings. The Balaban J connectivity index is 1.87. The lowest BCUT2D eigenvalue weighted by molar-refractivity contribution is 0.478. The maximum Gasteiger partial charge on any atom is 0.138 e. The van der Waals surface area contributed by atoms with Gasteiger partial charge in [0.1, 0.15) is 11.3 Å². The molecule has 0 aliphatic carbocycles. The predicted molar refractivity (Wildman–Crippen MR) is 117 cm³/mol. The molecule has 1 aromatic heterocycles. The van der Waals surface area contributed by atoms with Crippen LogP contribution < -0.4 is 0 Å². The van der Waals surface area contributed by atoms with Crippen LogP contribution in [0, 0.1) is 0 Å². The first-order valence-electron chi connectivity index (χ1n) is 8.73. The minimum atomic E-state index is -0.372. The Morgan fingerprint density at radius 2 is 1.54 bits per heavy atom. The van der Waals surface area contributed by atoms with Crippen LogP contribution in [0.5, 0.6) is 5.75 Å². The number of fused-ring (bicyclic) bond motifs is 1. The van der Waals surface area contributed by atoms with Gasteiger partial charge in [-0.3, -0.25) is 0 Å². The van der Waals surface area contributed by atoms with E-state index in [-0.39, 0.29) is 11.2 Å². The number of rotatable bonds is 3. The third kappa shape index (κ3) is 3.37. The normalized spacial score (nSPS) is 11.9. The SMILES string of the molecule is CC(C)(c1cccc(Cl)c1)c1cc(O)c2c(-c3cc(Cl)cc(Cl)c3)coc2c1. The van der Waals surface area contributed by atoms with Gasteiger partial charge >= 0.3 is 0 Å². The van der Waals surface area contributed by atoms with Crippen molar-refractivity contribution < 1.29 is 9.52 Å². The van der Waals surface area contributed by atoms with E-state index in [0.29, 0.717) is 26.0 Å². The van der Waals surface area contributed by atoms with Crippen molar-refractivity contribution in [3.63, 3.8) is 0 Å². The molecule has 4 rings (SSSR count). The molecule has 0 aliphatic heterocycles. The van der Waals surface area contributed by atoms with E-state index < -0.39 is 0 Å². The van der Waals surface area contributed by atoms with Gasteiger partial charge in [0, 0.05) is 26.0 Å². The Morgan fingerprint density at radius 3 is 2.21 bits per heavy atom. The fraction of sp³-hybridized carbons (Fsp3) is 0.130. The Hall–Kier alpha value is -2.13. The first-order valence-corrected chi connectivity index (χ1v) is 9.86. The molecule has 3 aromatic carbocycles. The van der Waals surface area contributed by atoms with Crippen LogP contribution in [-0.4, -0.2) is 5.11 Å². The van der Waals surface area contributed by atoms with E-state index in [4.69, 9.17) is 39.2 Å². The number of phenols is 1. The zero-order valence-electron chi connectivity index (χ0n) is 15.3. The second kappa shape index (κ2) is 7.04. The molecule has 0 saturated heterocycles. The lowest BCUT2D eigenvalue weighted by Gasteiger charge is -2.26. The molecule has 4 aromatic rings. The van der Waals surface area contributed by atoms with Crippen LogP contribution in [0.2, 0.25) is 15.1 Å². The van der Waals surface area contributed by atoms with Crippen LogP contribution >= 0.6 is 34.8 Å². The summed E-state index contributed by atoms with van der Waals surface area (Å²) in [6.45, 7) is 4.17. The fourth-order valence-corrected chi connectivity index (χ4v) is 4.19. The molecule has 0 amide bonds. The summed E-state index contributed by atoms with van der Waals surface area (Å²) in [7, 11) is 0. The summed E-state index contributed by atoms with van der Waals surface area (Å²) in [5, 5.41) is 13.2. The van der Waals surface area contributed by atoms with E-state index in [1.165, 1.54) is 0 Å². The van der Waals surface area contributed by atoms with E-state index in [9.17, 15) is 5.11 Å². The average molecular weight is 432 g/mol. The minimum absolute atomic E-state index is 0.141. The highest BCUT2D eigenvalue weighted by molar-refractivity contribution is 6.35. The molecular weight excluding hydrogens is 415 g/mol. The quantitative estimate of drug-likeness (QED) is 0.355. The topological polar surface area (TPSA) is 33.4 Å². The molecule has 142 valence electrons. The molecule has 28 heavy (non-hydrogen) atoms. The van der Waals surface area contributed by atoms with Gasteiger partial charge in [0.2, 0.25) is 0 Å². The van der Waals surface area contributed by atoms with Crippen LogP contribution in [0.15, 0.2) is 65.3 Å². The summed E-state index contributed by atoms with van der Waals surface area (Å²) in [5.41, 5.74) is 3.72. The first kappa shape index (κ1) is 19.2. The number of aromatic hydroxyl groups is 1. The predicted octanol–water partition coefficient (Wildman–Crippen LogP) is 8.09. The van der Waals surface area contributed by atoms with Gasteiger partial charge in [0.05, 0.1) is 11.6 Å². The molecule has 0 atom stereocenters. The van der Waals surface area contributed by atoms with Crippen molar-refractivity contribution in [1.82, 2.24) is 0 Å². The summed E-state index contributed by atoms with van der Waals surface area (Å²) in [6, 6.07) is 16.7. The molecule has 0 spiro atoms. The molecule has 0 radical (unpaired) electrons. The molecule has 0 fully saturated rings. The van der Waals surface area contributed by atoms with Crippen molar-refractivity contribution in [3.8, 4) is 16.9 Å². The van der Waals surface area contributed by atoms with Gasteiger partial charge in [0.25, 0.3) is 0 Å². The van der Waals surface area contributed by atoms with Gasteiger partial charge in [-0.1, -0.05) is 60.8 Å². The summed E-state index contributed by atoms with van der Waals surface area (Å²) in [6.07, 6.45) is 1.61. The maximum absolute atomic E-state index is 10.8. The Labute approximate surface area is 178 Å². The highest BCUT2D eigenvalue weighted by Gasteiger charge is 2.26. The lowest BCUT2D eigenvalue weighted by atomic mass is 9.78. The summed E-state index contributed by atoms with van der Waals surface area (Å²) in [4.78, 5) is 0. The molecular formula is C23H17Cl3O2. The van der Waals surface area contributed by atoms with E-state index in [0.717, 1.165) is 22.3 Å². The number of benzene rings is 3. The van der Waals surface area contributed by atoms with Crippen molar-refractivity contribution in [2.45, 2.75) is 19.3 Å². The number of furan rings is 1. The summed E-state index contributed by atoms with van der Waals surface area (Å²) >= 11 is 18.4. The van der Waals surface area contributed by atoms with Crippen LogP contribution in [0.25, 0.3) is 22.1 Å². The van der Waals surface area contributed by atoms with Crippen molar-refractivity contribution in [3.05, 3.63) is 87.1 Å². The second-order valence-corrected chi connectivity index (χ2v) is 8.62. The zero-order valence-corrected chi connectivity index (χ0v) is 17.5. The largest absolute Gasteiger partial charge is 0.507 e. The van der Waals surface area contributed by atoms with Crippen LogP contribution in [0.4, 0.5) is 0 Å². The standard InChI is InChI=1S/C23H17Cl3O2/c1-23(2,14-4-3-5-16(24)8-14)15-9-20(27)22-19(12-28-21(22)10-15)13-6-17(25)11-18(26)7-13/h3-12,27H,1-2H3. The highest BCUT2D eigenvalue weighted by atomic mass is 35.5. The molecule has 1 heterocycles. The lowest BCUT2D eigenvalue weighted by Crippen LogP contribution is -2.18. The van der Waals surface area contributed by atoms with Crippen molar-refractivity contribution in [2.75, 3.05) is 0 Å². The Kier molecular flexibility index (Phi) is 4.83. The molecule has 0 bridgehead atoms. The monoisotopic (exact) mass is 430 g/mol. The van der Waals surface area contributed by atoms with E-state index in [1.54, 1.807) is 30.5 Å². The van der Waals surface area contributed by atoms with E-state index in [1.807, 2.05) is 30.3 Å². The number of hydrogen-bond donors (Lipinski definition) is 1. The summed E-state index contributed by atoms with van der Waals surface area (Å²) < 4.78 is 5.79. The van der Waals surface area contributed by atoms with Gasteiger partial charge in [-0.25, -0.2) is 0 Å². The molecule has 0 unspecified atom stereocenters. The molecule has 2 nitrogen and oxygen atoms in total. The molecule has 1 N–H and O–H groups in total. The van der Waals surface area contributed by atoms with Crippen LogP contribution in [-0.2, 0) is 5.41 Å². The van der Waals surface area contributed by atoms with Crippen molar-refractivity contribution in [1.29, 1.82) is 0 Å². The third-order valence-electron chi connectivity index (χ3n) is 5.10. The van der Waals surface area contributed by atoms with Gasteiger partial charge in [-0.2, -0.15) is 0 Å². The molecule has 5 heteroatoms. The number of phenolic OH excluding ortho intramolecular Hbond substituents is 1. The molecule has 0 saturated carbocycles. The second-order valence-electron chi connectivity index (χ2n) is 7.31. The first-order chi connectivity index (χ1) is 13.3. The highest BCUT2D eigenvalue weighted by Crippen LogP contribution is 2.42. The average Bonchev–Trinajstić information content (AvgIpc) is 3.05. The van der Waals surface area contributed by atoms with Crippen molar-refractivity contribution >= 4 is 45.8 Å². The van der Waals surface area contributed by atoms with Crippen LogP contribution in [0.1, 0.15) is 25.0 Å². The summed E-state index contributed by atoms with van der Waals surface area (Å²) in [5.74, 6) is 0.141. The van der Waals surface area contributed by atoms with Gasteiger partial charge in [-0.15, -0.1) is 0 Å². The van der Waals surface area contributed by atoms with E-state index in [2.05, 4.69) is 13.8 Å². The van der Waals surface area contributed by atoms with Gasteiger partial charge in [0.15, 0.2) is 0 Å². The minimum Gasteiger partial charge on any atom is -0.507 e. The smallest absolute Gasteiger partial charge is 0.138 e. The van der Waals surface area contributed by atoms with E-state index >= 15 is 0 Å². The number of hydrogen-bond acceptors (Lipinski definition) is 2. The van der Waals surface area contributed by atoms with Crippen LogP contribution in [0.3, 0.4) is 0 Å². The third-order valence-corrected chi connectivity index (χ3v) is 5.77. The Bertz CT molecular complexity index is 1170.